The highest BCUT2D eigenvalue weighted by molar-refractivity contribution is 7.99. The van der Waals surface area contributed by atoms with Crippen molar-refractivity contribution in [3.8, 4) is 11.5 Å². The lowest BCUT2D eigenvalue weighted by molar-refractivity contribution is -0.115. The largest absolute Gasteiger partial charge is 0.493 e. The van der Waals surface area contributed by atoms with Crippen molar-refractivity contribution in [3.63, 3.8) is 0 Å². The standard InChI is InChI=1S/C16H18ClNO3S2/c1-10(22-9-12-5-7-15(17)23-12)16(19)18-11-4-6-13(20-2)14(8-11)21-3/h4-8,10H,9H2,1-3H3,(H,18,19). The number of hydrogen-bond acceptors (Lipinski definition) is 5. The van der Waals surface area contributed by atoms with Crippen molar-refractivity contribution < 1.29 is 14.3 Å². The van der Waals surface area contributed by atoms with Crippen molar-refractivity contribution in [1.29, 1.82) is 0 Å². The summed E-state index contributed by atoms with van der Waals surface area (Å²) in [5.41, 5.74) is 0.680. The average molecular weight is 372 g/mol. The van der Waals surface area contributed by atoms with Gasteiger partial charge in [-0.1, -0.05) is 11.6 Å². The molecule has 124 valence electrons. The molecule has 1 aromatic heterocycles. The van der Waals surface area contributed by atoms with Crippen LogP contribution in [0.5, 0.6) is 11.5 Å². The first-order valence-corrected chi connectivity index (χ1v) is 9.16. The van der Waals surface area contributed by atoms with E-state index in [2.05, 4.69) is 5.32 Å². The highest BCUT2D eigenvalue weighted by Crippen LogP contribution is 2.31. The number of methoxy groups -OCH3 is 2. The molecule has 1 unspecified atom stereocenters. The van der Waals surface area contributed by atoms with Crippen LogP contribution in [0.15, 0.2) is 30.3 Å². The number of carbonyl (C=O) groups is 1. The fourth-order valence-electron chi connectivity index (χ4n) is 1.87. The van der Waals surface area contributed by atoms with Crippen molar-refractivity contribution in [3.05, 3.63) is 39.5 Å². The number of rotatable bonds is 7. The molecule has 0 aliphatic rings. The number of hydrogen-bond donors (Lipinski definition) is 1. The maximum Gasteiger partial charge on any atom is 0.237 e. The van der Waals surface area contributed by atoms with E-state index < -0.39 is 0 Å². The Labute approximate surface area is 149 Å². The summed E-state index contributed by atoms with van der Waals surface area (Å²) in [6.07, 6.45) is 0. The van der Waals surface area contributed by atoms with Crippen LogP contribution in [0, 0.1) is 0 Å². The third-order valence-electron chi connectivity index (χ3n) is 3.12. The highest BCUT2D eigenvalue weighted by atomic mass is 35.5. The molecule has 1 atom stereocenters. The summed E-state index contributed by atoms with van der Waals surface area (Å²) in [6, 6.07) is 9.15. The van der Waals surface area contributed by atoms with E-state index in [1.807, 2.05) is 19.1 Å². The number of thioether (sulfide) groups is 1. The van der Waals surface area contributed by atoms with Crippen LogP contribution in [0.3, 0.4) is 0 Å². The van der Waals surface area contributed by atoms with Crippen LogP contribution in [0.1, 0.15) is 11.8 Å². The Morgan fingerprint density at radius 3 is 2.61 bits per heavy atom. The van der Waals surface area contributed by atoms with Gasteiger partial charge in [0.2, 0.25) is 5.91 Å². The summed E-state index contributed by atoms with van der Waals surface area (Å²) in [5, 5.41) is 2.71. The van der Waals surface area contributed by atoms with Crippen LogP contribution in [0.2, 0.25) is 4.34 Å². The van der Waals surface area contributed by atoms with E-state index >= 15 is 0 Å². The molecule has 0 bridgehead atoms. The van der Waals surface area contributed by atoms with Crippen LogP contribution < -0.4 is 14.8 Å². The third-order valence-corrected chi connectivity index (χ3v) is 5.73. The second kappa shape index (κ2) is 8.47. The second-order valence-electron chi connectivity index (χ2n) is 4.72. The molecule has 0 saturated carbocycles. The number of amides is 1. The van der Waals surface area contributed by atoms with Gasteiger partial charge in [-0.05, 0) is 31.2 Å². The fraction of sp³-hybridized carbons (Fsp3) is 0.312. The molecule has 1 amide bonds. The van der Waals surface area contributed by atoms with Gasteiger partial charge in [0.15, 0.2) is 11.5 Å². The molecular formula is C16H18ClNO3S2. The van der Waals surface area contributed by atoms with Crippen LogP contribution in [0.25, 0.3) is 0 Å². The maximum atomic E-state index is 12.3. The number of thiophene rings is 1. The Morgan fingerprint density at radius 1 is 1.26 bits per heavy atom. The Hall–Kier alpha value is -1.37. The van der Waals surface area contributed by atoms with Crippen molar-refractivity contribution in [2.24, 2.45) is 0 Å². The lowest BCUT2D eigenvalue weighted by atomic mass is 10.2. The van der Waals surface area contributed by atoms with E-state index in [1.165, 1.54) is 11.3 Å². The molecule has 1 N–H and O–H groups in total. The molecule has 23 heavy (non-hydrogen) atoms. The molecule has 0 radical (unpaired) electrons. The van der Waals surface area contributed by atoms with Crippen LogP contribution in [-0.4, -0.2) is 25.4 Å². The Balaban J connectivity index is 1.92. The monoisotopic (exact) mass is 371 g/mol. The van der Waals surface area contributed by atoms with E-state index in [4.69, 9.17) is 21.1 Å². The molecule has 0 fully saturated rings. The molecule has 2 rings (SSSR count). The van der Waals surface area contributed by atoms with Crippen molar-refractivity contribution in [2.75, 3.05) is 19.5 Å². The van der Waals surface area contributed by atoms with E-state index in [-0.39, 0.29) is 11.2 Å². The first-order valence-electron chi connectivity index (χ1n) is 6.92. The summed E-state index contributed by atoms with van der Waals surface area (Å²) < 4.78 is 11.2. The van der Waals surface area contributed by atoms with Crippen molar-refractivity contribution in [2.45, 2.75) is 17.9 Å². The molecule has 0 aliphatic heterocycles. The van der Waals surface area contributed by atoms with Gasteiger partial charge in [0.25, 0.3) is 0 Å². The zero-order valence-corrected chi connectivity index (χ0v) is 15.5. The lowest BCUT2D eigenvalue weighted by Gasteiger charge is -2.13. The van der Waals surface area contributed by atoms with Gasteiger partial charge < -0.3 is 14.8 Å². The predicted molar refractivity (Wildman–Crippen MR) is 98.3 cm³/mol. The smallest absolute Gasteiger partial charge is 0.237 e. The van der Waals surface area contributed by atoms with Crippen molar-refractivity contribution >= 4 is 46.3 Å². The van der Waals surface area contributed by atoms with E-state index in [0.29, 0.717) is 17.2 Å². The minimum Gasteiger partial charge on any atom is -0.493 e. The van der Waals surface area contributed by atoms with Gasteiger partial charge >= 0.3 is 0 Å². The Bertz CT molecular complexity index is 675. The minimum absolute atomic E-state index is 0.0510. The molecule has 0 saturated heterocycles. The molecule has 0 aliphatic carbocycles. The molecule has 0 spiro atoms. The van der Waals surface area contributed by atoms with Gasteiger partial charge in [0.05, 0.1) is 23.8 Å². The zero-order valence-electron chi connectivity index (χ0n) is 13.1. The molecule has 1 aromatic carbocycles. The SMILES string of the molecule is COc1ccc(NC(=O)C(C)SCc2ccc(Cl)s2)cc1OC. The Kier molecular flexibility index (Phi) is 6.62. The van der Waals surface area contributed by atoms with Crippen LogP contribution in [-0.2, 0) is 10.5 Å². The lowest BCUT2D eigenvalue weighted by Crippen LogP contribution is -2.22. The summed E-state index contributed by atoms with van der Waals surface area (Å²) >= 11 is 9.02. The number of nitrogens with one attached hydrogen (secondary N) is 1. The predicted octanol–water partition coefficient (Wildman–Crippen LogP) is 4.68. The summed E-state index contributed by atoms with van der Waals surface area (Å²) in [4.78, 5) is 13.4. The quantitative estimate of drug-likeness (QED) is 0.767. The summed E-state index contributed by atoms with van der Waals surface area (Å²) in [7, 11) is 3.14. The summed E-state index contributed by atoms with van der Waals surface area (Å²) in [5.74, 6) is 1.92. The number of halogens is 1. The normalized spacial score (nSPS) is 11.8. The highest BCUT2D eigenvalue weighted by Gasteiger charge is 2.15. The topological polar surface area (TPSA) is 47.6 Å². The van der Waals surface area contributed by atoms with Gasteiger partial charge in [-0.25, -0.2) is 0 Å². The number of carbonyl (C=O) groups excluding carboxylic acids is 1. The van der Waals surface area contributed by atoms with Gasteiger partial charge in [0, 0.05) is 22.4 Å². The number of ether oxygens (including phenoxy) is 2. The van der Waals surface area contributed by atoms with Gasteiger partial charge in [-0.15, -0.1) is 23.1 Å². The molecule has 4 nitrogen and oxygen atoms in total. The van der Waals surface area contributed by atoms with Crippen LogP contribution in [0.4, 0.5) is 5.69 Å². The third kappa shape index (κ3) is 5.06. The first kappa shape index (κ1) is 18.0. The molecule has 1 heterocycles. The number of anilines is 1. The molecular weight excluding hydrogens is 354 g/mol. The minimum atomic E-state index is -0.177. The van der Waals surface area contributed by atoms with E-state index in [9.17, 15) is 4.79 Å². The molecule has 2 aromatic rings. The number of benzene rings is 1. The van der Waals surface area contributed by atoms with Gasteiger partial charge in [0.1, 0.15) is 0 Å². The Morgan fingerprint density at radius 2 is 2.00 bits per heavy atom. The first-order chi connectivity index (χ1) is 11.0. The van der Waals surface area contributed by atoms with Gasteiger partial charge in [-0.3, -0.25) is 4.79 Å². The van der Waals surface area contributed by atoms with Crippen molar-refractivity contribution in [1.82, 2.24) is 0 Å². The second-order valence-corrected chi connectivity index (χ2v) is 7.85. The average Bonchev–Trinajstić information content (AvgIpc) is 2.97. The van der Waals surface area contributed by atoms with E-state index in [0.717, 1.165) is 15.0 Å². The zero-order chi connectivity index (χ0) is 16.8. The fourth-order valence-corrected chi connectivity index (χ4v) is 3.91. The summed E-state index contributed by atoms with van der Waals surface area (Å²) in [6.45, 7) is 1.88. The molecule has 7 heteroatoms. The van der Waals surface area contributed by atoms with E-state index in [1.54, 1.807) is 44.2 Å². The maximum absolute atomic E-state index is 12.3. The van der Waals surface area contributed by atoms with Crippen LogP contribution >= 0.6 is 34.7 Å². The van der Waals surface area contributed by atoms with Gasteiger partial charge in [-0.2, -0.15) is 0 Å².